The summed E-state index contributed by atoms with van der Waals surface area (Å²) in [5, 5.41) is 13.4. The molecule has 3 aliphatic heterocycles. The smallest absolute Gasteiger partial charge is 0.379 e. The first-order valence-electron chi connectivity index (χ1n) is 14.0. The molecule has 2 atom stereocenters. The van der Waals surface area contributed by atoms with Gasteiger partial charge in [-0.1, -0.05) is 6.92 Å². The molecule has 2 aromatic heterocycles. The van der Waals surface area contributed by atoms with Gasteiger partial charge in [0, 0.05) is 49.5 Å². The molecule has 0 saturated carbocycles. The number of aromatic nitrogens is 4. The Morgan fingerprint density at radius 1 is 1.20 bits per heavy atom. The Bertz CT molecular complexity index is 1200. The maximum atomic E-state index is 13.8. The molecule has 13 heteroatoms. The van der Waals surface area contributed by atoms with Gasteiger partial charge in [0.15, 0.2) is 0 Å². The van der Waals surface area contributed by atoms with Gasteiger partial charge in [0.2, 0.25) is 11.9 Å². The Morgan fingerprint density at radius 3 is 2.62 bits per heavy atom. The first kappa shape index (κ1) is 28.6. The second-order valence-corrected chi connectivity index (χ2v) is 12.3. The van der Waals surface area contributed by atoms with Crippen molar-refractivity contribution in [1.82, 2.24) is 30.0 Å². The normalized spacial score (nSPS) is 27.1. The highest BCUT2D eigenvalue weighted by Crippen LogP contribution is 2.47. The molecule has 0 aromatic carbocycles. The van der Waals surface area contributed by atoms with Crippen molar-refractivity contribution in [3.8, 4) is 0 Å². The zero-order valence-corrected chi connectivity index (χ0v) is 23.6. The van der Waals surface area contributed by atoms with E-state index in [2.05, 4.69) is 49.7 Å². The highest BCUT2D eigenvalue weighted by atomic mass is 19.4. The first-order valence-corrected chi connectivity index (χ1v) is 14.0. The fourth-order valence-electron chi connectivity index (χ4n) is 6.43. The van der Waals surface area contributed by atoms with Crippen LogP contribution in [0, 0.1) is 5.41 Å². The number of hydrogen-bond acceptors (Lipinski definition) is 8. The van der Waals surface area contributed by atoms with Crippen LogP contribution in [0.4, 0.5) is 30.6 Å². The van der Waals surface area contributed by atoms with Gasteiger partial charge in [0.25, 0.3) is 0 Å². The van der Waals surface area contributed by atoms with Gasteiger partial charge in [-0.3, -0.25) is 9.89 Å². The molecule has 5 heterocycles. The molecule has 5 rings (SSSR count). The minimum atomic E-state index is -4.62. The molecule has 3 saturated heterocycles. The second-order valence-electron chi connectivity index (χ2n) is 12.3. The van der Waals surface area contributed by atoms with Crippen molar-refractivity contribution in [3.63, 3.8) is 0 Å². The van der Waals surface area contributed by atoms with Crippen LogP contribution in [0.5, 0.6) is 0 Å². The fourth-order valence-corrected chi connectivity index (χ4v) is 6.43. The van der Waals surface area contributed by atoms with Crippen molar-refractivity contribution in [1.29, 1.82) is 0 Å². The zero-order valence-electron chi connectivity index (χ0n) is 23.6. The lowest BCUT2D eigenvalue weighted by Crippen LogP contribution is -2.46. The number of halogens is 3. The first-order chi connectivity index (χ1) is 18.9. The molecule has 0 spiro atoms. The van der Waals surface area contributed by atoms with Gasteiger partial charge < -0.3 is 25.2 Å². The van der Waals surface area contributed by atoms with Crippen molar-refractivity contribution in [2.45, 2.75) is 76.6 Å². The molecule has 2 aromatic rings. The molecule has 220 valence electrons. The number of nitrogens with one attached hydrogen (secondary N) is 3. The third kappa shape index (κ3) is 5.76. The van der Waals surface area contributed by atoms with Crippen molar-refractivity contribution in [2.24, 2.45) is 5.41 Å². The lowest BCUT2D eigenvalue weighted by atomic mass is 9.74. The van der Waals surface area contributed by atoms with Gasteiger partial charge in [-0.2, -0.15) is 23.3 Å². The van der Waals surface area contributed by atoms with Crippen LogP contribution in [0.1, 0.15) is 64.1 Å². The summed E-state index contributed by atoms with van der Waals surface area (Å²) in [6.07, 6.45) is 2.59. The number of aromatic amines is 1. The number of hydrogen-bond donors (Lipinski definition) is 3. The van der Waals surface area contributed by atoms with Crippen molar-refractivity contribution < 1.29 is 22.7 Å². The van der Waals surface area contributed by atoms with Crippen LogP contribution in [-0.4, -0.2) is 87.9 Å². The molecule has 2 bridgehead atoms. The van der Waals surface area contributed by atoms with E-state index in [-0.39, 0.29) is 29.6 Å². The van der Waals surface area contributed by atoms with Gasteiger partial charge >= 0.3 is 6.18 Å². The summed E-state index contributed by atoms with van der Waals surface area (Å²) < 4.78 is 46.9. The Hall–Kier alpha value is -2.93. The second kappa shape index (κ2) is 10.8. The van der Waals surface area contributed by atoms with Crippen LogP contribution in [0.15, 0.2) is 12.4 Å². The van der Waals surface area contributed by atoms with E-state index in [1.807, 2.05) is 13.8 Å². The predicted molar refractivity (Wildman–Crippen MR) is 144 cm³/mol. The average molecular weight is 565 g/mol. The molecule has 3 N–H and O–H groups in total. The Kier molecular flexibility index (Phi) is 7.73. The number of carbonyl (C=O) groups is 1. The maximum absolute atomic E-state index is 13.8. The lowest BCUT2D eigenvalue weighted by molar-refractivity contribution is -0.140. The van der Waals surface area contributed by atoms with E-state index in [4.69, 9.17) is 4.74 Å². The predicted octanol–water partition coefficient (Wildman–Crippen LogP) is 4.16. The van der Waals surface area contributed by atoms with Gasteiger partial charge in [-0.15, -0.1) is 0 Å². The molecule has 10 nitrogen and oxygen atoms in total. The maximum Gasteiger partial charge on any atom is 0.421 e. The van der Waals surface area contributed by atoms with E-state index in [9.17, 15) is 18.0 Å². The van der Waals surface area contributed by atoms with Gasteiger partial charge in [0.1, 0.15) is 11.4 Å². The number of alkyl halides is 3. The monoisotopic (exact) mass is 564 g/mol. The van der Waals surface area contributed by atoms with Crippen LogP contribution in [-0.2, 0) is 21.1 Å². The molecule has 40 heavy (non-hydrogen) atoms. The largest absolute Gasteiger partial charge is 0.421 e. The van der Waals surface area contributed by atoms with Crippen LogP contribution < -0.4 is 10.6 Å². The lowest BCUT2D eigenvalue weighted by Gasteiger charge is -2.42. The Morgan fingerprint density at radius 2 is 1.93 bits per heavy atom. The number of fused-ring (bicyclic) bond motifs is 2. The number of anilines is 3. The quantitative estimate of drug-likeness (QED) is 0.410. The summed E-state index contributed by atoms with van der Waals surface area (Å²) in [6.45, 7) is 7.73. The molecule has 2 unspecified atom stereocenters. The standard InChI is InChI=1S/C27H39F3N8O2/c1-25(2)16-40-11-10-38(23(25)39)9-5-8-31-22-19(27(28,29)30)14-32-24(35-22)34-20-15-33-36-21(20)26(3)12-17-6-7-18(13-26)37(17)4/h14-15,17-18H,5-13,16H2,1-4H3,(H,33,36)(H2,31,32,34,35). The summed E-state index contributed by atoms with van der Waals surface area (Å²) in [6, 6.07) is 0.990. The minimum absolute atomic E-state index is 0.0169. The minimum Gasteiger partial charge on any atom is -0.379 e. The third-order valence-electron chi connectivity index (χ3n) is 8.64. The van der Waals surface area contributed by atoms with E-state index < -0.39 is 17.2 Å². The highest BCUT2D eigenvalue weighted by molar-refractivity contribution is 5.82. The molecule has 0 aliphatic carbocycles. The van der Waals surface area contributed by atoms with Crippen LogP contribution in [0.3, 0.4) is 0 Å². The summed E-state index contributed by atoms with van der Waals surface area (Å²) >= 11 is 0. The van der Waals surface area contributed by atoms with Crippen molar-refractivity contribution in [3.05, 3.63) is 23.7 Å². The summed E-state index contributed by atoms with van der Waals surface area (Å²) in [7, 11) is 2.18. The fraction of sp³-hybridized carbons (Fsp3) is 0.704. The molecule has 0 radical (unpaired) electrons. The van der Waals surface area contributed by atoms with Crippen molar-refractivity contribution in [2.75, 3.05) is 50.5 Å². The summed E-state index contributed by atoms with van der Waals surface area (Å²) in [5.74, 6) is -0.263. The number of H-pyrrole nitrogens is 1. The summed E-state index contributed by atoms with van der Waals surface area (Å²) in [5.41, 5.74) is -0.217. The van der Waals surface area contributed by atoms with Gasteiger partial charge in [-0.05, 0) is 53.0 Å². The number of nitrogens with zero attached hydrogens (tertiary/aromatic N) is 5. The molecular formula is C27H39F3N8O2. The third-order valence-corrected chi connectivity index (χ3v) is 8.64. The number of rotatable bonds is 8. The van der Waals surface area contributed by atoms with Crippen LogP contribution in [0.2, 0.25) is 0 Å². The van der Waals surface area contributed by atoms with Crippen LogP contribution >= 0.6 is 0 Å². The number of amides is 1. The van der Waals surface area contributed by atoms with E-state index in [1.165, 1.54) is 12.8 Å². The molecule has 3 fully saturated rings. The van der Waals surface area contributed by atoms with E-state index >= 15 is 0 Å². The van der Waals surface area contributed by atoms with E-state index in [0.717, 1.165) is 24.7 Å². The average Bonchev–Trinajstić information content (AvgIpc) is 3.39. The topological polar surface area (TPSA) is 111 Å². The molecule has 1 amide bonds. The summed E-state index contributed by atoms with van der Waals surface area (Å²) in [4.78, 5) is 25.1. The van der Waals surface area contributed by atoms with E-state index in [0.29, 0.717) is 50.5 Å². The van der Waals surface area contributed by atoms with Gasteiger partial charge in [0.05, 0.1) is 30.0 Å². The highest BCUT2D eigenvalue weighted by Gasteiger charge is 2.47. The SMILES string of the molecule is CN1C2CCC1CC(C)(c1n[nH]cc1Nc1ncc(C(F)(F)F)c(NCCCN3CCOCC(C)(C)C3=O)n1)C2. The number of carbonyl (C=O) groups excluding carboxylic acids is 1. The molecule has 3 aliphatic rings. The number of piperidine rings is 1. The van der Waals surface area contributed by atoms with E-state index in [1.54, 1.807) is 11.1 Å². The Labute approximate surface area is 232 Å². The molecular weight excluding hydrogens is 525 g/mol. The Balaban J connectivity index is 1.28. The number of ether oxygens (including phenoxy) is 1. The van der Waals surface area contributed by atoms with Crippen LogP contribution in [0.25, 0.3) is 0 Å². The zero-order chi connectivity index (χ0) is 28.7. The van der Waals surface area contributed by atoms with Crippen molar-refractivity contribution >= 4 is 23.4 Å². The van der Waals surface area contributed by atoms with Gasteiger partial charge in [-0.25, -0.2) is 4.98 Å².